The van der Waals surface area contributed by atoms with Gasteiger partial charge >= 0.3 is 0 Å². The van der Waals surface area contributed by atoms with Crippen LogP contribution in [0.15, 0.2) is 0 Å². The molecule has 0 saturated heterocycles. The van der Waals surface area contributed by atoms with E-state index in [1.807, 2.05) is 0 Å². The lowest BCUT2D eigenvalue weighted by atomic mass is 10.0. The van der Waals surface area contributed by atoms with Crippen LogP contribution in [0.4, 0.5) is 0 Å². The standard InChI is InChI=1S/C30H55NO6/c32-25-15-5-10-20-27(34)17-7-2-1-3-14-24-31-30(37)23-13-12-22-29(36)19-9-4-8-18-28(35)21-11-6-16-26-33/h32-33H,1-26H2,(H,31,37). The lowest BCUT2D eigenvalue weighted by molar-refractivity contribution is -0.122. The van der Waals surface area contributed by atoms with Crippen molar-refractivity contribution in [3.63, 3.8) is 0 Å². The zero-order valence-electron chi connectivity index (χ0n) is 23.4. The van der Waals surface area contributed by atoms with E-state index in [4.69, 9.17) is 10.2 Å². The van der Waals surface area contributed by atoms with Crippen LogP contribution in [0.25, 0.3) is 0 Å². The van der Waals surface area contributed by atoms with Crippen LogP contribution in [-0.2, 0) is 19.2 Å². The highest BCUT2D eigenvalue weighted by Gasteiger charge is 2.06. The van der Waals surface area contributed by atoms with E-state index in [0.717, 1.165) is 103 Å². The first-order valence-corrected chi connectivity index (χ1v) is 15.0. The number of unbranched alkanes of at least 4 members (excludes halogenated alkanes) is 11. The van der Waals surface area contributed by atoms with E-state index in [2.05, 4.69) is 5.32 Å². The molecule has 7 heteroatoms. The molecule has 0 aromatic heterocycles. The van der Waals surface area contributed by atoms with Crippen molar-refractivity contribution in [3.8, 4) is 0 Å². The van der Waals surface area contributed by atoms with Crippen molar-refractivity contribution in [1.29, 1.82) is 0 Å². The van der Waals surface area contributed by atoms with Gasteiger partial charge in [-0.05, 0) is 64.2 Å². The second kappa shape index (κ2) is 27.4. The van der Waals surface area contributed by atoms with Crippen molar-refractivity contribution in [3.05, 3.63) is 0 Å². The molecule has 0 heterocycles. The zero-order valence-corrected chi connectivity index (χ0v) is 23.4. The van der Waals surface area contributed by atoms with Crippen molar-refractivity contribution in [2.24, 2.45) is 0 Å². The number of aliphatic hydroxyl groups is 2. The van der Waals surface area contributed by atoms with Crippen LogP contribution in [0.1, 0.15) is 148 Å². The molecule has 0 aromatic carbocycles. The van der Waals surface area contributed by atoms with Crippen LogP contribution >= 0.6 is 0 Å². The number of hydrogen-bond acceptors (Lipinski definition) is 6. The SMILES string of the molecule is O=C(CCCCCO)CCCCCCCNC(=O)CCCCC(=O)CCCCCC(=O)CCCCCO. The lowest BCUT2D eigenvalue weighted by Gasteiger charge is -2.06. The molecule has 7 nitrogen and oxygen atoms in total. The van der Waals surface area contributed by atoms with Crippen LogP contribution in [0.2, 0.25) is 0 Å². The Balaban J connectivity index is 3.42. The minimum atomic E-state index is 0.0558. The van der Waals surface area contributed by atoms with Crippen molar-refractivity contribution in [2.75, 3.05) is 19.8 Å². The highest BCUT2D eigenvalue weighted by Crippen LogP contribution is 2.11. The van der Waals surface area contributed by atoms with Gasteiger partial charge in [0, 0.05) is 64.7 Å². The average molecular weight is 526 g/mol. The van der Waals surface area contributed by atoms with Gasteiger partial charge in [0.05, 0.1) is 0 Å². The van der Waals surface area contributed by atoms with E-state index >= 15 is 0 Å². The number of hydrogen-bond donors (Lipinski definition) is 3. The maximum Gasteiger partial charge on any atom is 0.219 e. The molecule has 0 spiro atoms. The Hall–Kier alpha value is -1.60. The molecule has 3 N–H and O–H groups in total. The summed E-state index contributed by atoms with van der Waals surface area (Å²) in [5.74, 6) is 0.921. The number of aliphatic hydroxyl groups excluding tert-OH is 2. The predicted octanol–water partition coefficient (Wildman–Crippen LogP) is 5.77. The summed E-state index contributed by atoms with van der Waals surface area (Å²) in [6.45, 7) is 1.08. The fourth-order valence-electron chi connectivity index (χ4n) is 4.32. The van der Waals surface area contributed by atoms with Gasteiger partial charge in [0.15, 0.2) is 0 Å². The summed E-state index contributed by atoms with van der Waals surface area (Å²) in [7, 11) is 0. The molecule has 0 unspecified atom stereocenters. The van der Waals surface area contributed by atoms with Gasteiger partial charge < -0.3 is 15.5 Å². The molecule has 0 fully saturated rings. The topological polar surface area (TPSA) is 121 Å². The molecular formula is C30H55NO6. The Kier molecular flexibility index (Phi) is 26.2. The first-order valence-electron chi connectivity index (χ1n) is 15.0. The quantitative estimate of drug-likeness (QED) is 0.107. The van der Waals surface area contributed by atoms with Crippen molar-refractivity contribution in [2.45, 2.75) is 148 Å². The number of carbonyl (C=O) groups excluding carboxylic acids is 4. The highest BCUT2D eigenvalue weighted by molar-refractivity contribution is 5.79. The second-order valence-electron chi connectivity index (χ2n) is 10.3. The number of ketones is 3. The van der Waals surface area contributed by atoms with E-state index in [9.17, 15) is 19.2 Å². The normalized spacial score (nSPS) is 11.0. The molecule has 0 atom stereocenters. The van der Waals surface area contributed by atoms with Crippen molar-refractivity contribution < 1.29 is 29.4 Å². The molecule has 0 bridgehead atoms. The summed E-state index contributed by atoms with van der Waals surface area (Å²) in [6, 6.07) is 0. The molecular weight excluding hydrogens is 470 g/mol. The highest BCUT2D eigenvalue weighted by atomic mass is 16.3. The third-order valence-corrected chi connectivity index (χ3v) is 6.70. The minimum absolute atomic E-state index is 0.0558. The zero-order chi connectivity index (χ0) is 27.4. The summed E-state index contributed by atoms with van der Waals surface area (Å²) in [5.41, 5.74) is 0. The summed E-state index contributed by atoms with van der Waals surface area (Å²) >= 11 is 0. The molecule has 0 rings (SSSR count). The summed E-state index contributed by atoms with van der Waals surface area (Å²) in [6.07, 6.45) is 18.3. The Morgan fingerprint density at radius 3 is 1.11 bits per heavy atom. The monoisotopic (exact) mass is 525 g/mol. The molecule has 0 aromatic rings. The number of Topliss-reactive ketones (excluding diaryl/α,β-unsaturated/α-hetero) is 3. The van der Waals surface area contributed by atoms with Gasteiger partial charge in [0.25, 0.3) is 0 Å². The fourth-order valence-corrected chi connectivity index (χ4v) is 4.32. The van der Waals surface area contributed by atoms with Crippen LogP contribution in [0, 0.1) is 0 Å². The van der Waals surface area contributed by atoms with Crippen molar-refractivity contribution >= 4 is 23.3 Å². The van der Waals surface area contributed by atoms with Crippen LogP contribution in [0.3, 0.4) is 0 Å². The number of rotatable bonds is 29. The van der Waals surface area contributed by atoms with Gasteiger partial charge in [-0.2, -0.15) is 0 Å². The summed E-state index contributed by atoms with van der Waals surface area (Å²) < 4.78 is 0. The molecule has 0 aliphatic carbocycles. The third-order valence-electron chi connectivity index (χ3n) is 6.70. The molecule has 216 valence electrons. The van der Waals surface area contributed by atoms with Gasteiger partial charge in [-0.1, -0.05) is 38.5 Å². The van der Waals surface area contributed by atoms with E-state index in [1.165, 1.54) is 0 Å². The maximum absolute atomic E-state index is 12.0. The van der Waals surface area contributed by atoms with Gasteiger partial charge in [-0.3, -0.25) is 19.2 Å². The van der Waals surface area contributed by atoms with Crippen LogP contribution < -0.4 is 5.32 Å². The smallest absolute Gasteiger partial charge is 0.219 e. The molecule has 0 aliphatic rings. The van der Waals surface area contributed by atoms with Crippen LogP contribution in [-0.4, -0.2) is 53.2 Å². The molecule has 0 aliphatic heterocycles. The van der Waals surface area contributed by atoms with Gasteiger partial charge in [-0.25, -0.2) is 0 Å². The fraction of sp³-hybridized carbons (Fsp3) is 0.867. The largest absolute Gasteiger partial charge is 0.396 e. The first-order chi connectivity index (χ1) is 18.0. The molecule has 0 saturated carbocycles. The van der Waals surface area contributed by atoms with E-state index in [1.54, 1.807) is 0 Å². The lowest BCUT2D eigenvalue weighted by Crippen LogP contribution is -2.24. The number of amides is 1. The Bertz CT molecular complexity index is 593. The van der Waals surface area contributed by atoms with Gasteiger partial charge in [0.2, 0.25) is 5.91 Å². The summed E-state index contributed by atoms with van der Waals surface area (Å²) in [5, 5.41) is 20.4. The third kappa shape index (κ3) is 27.3. The predicted molar refractivity (Wildman–Crippen MR) is 148 cm³/mol. The molecule has 1 amide bonds. The molecule has 0 radical (unpaired) electrons. The average Bonchev–Trinajstić information content (AvgIpc) is 2.88. The maximum atomic E-state index is 12.0. The molecule has 37 heavy (non-hydrogen) atoms. The second-order valence-corrected chi connectivity index (χ2v) is 10.3. The van der Waals surface area contributed by atoms with Crippen LogP contribution in [0.5, 0.6) is 0 Å². The summed E-state index contributed by atoms with van der Waals surface area (Å²) in [4.78, 5) is 47.4. The number of nitrogens with one attached hydrogen (secondary N) is 1. The van der Waals surface area contributed by atoms with Crippen molar-refractivity contribution in [1.82, 2.24) is 5.32 Å². The first kappa shape index (κ1) is 35.4. The minimum Gasteiger partial charge on any atom is -0.396 e. The van der Waals surface area contributed by atoms with Gasteiger partial charge in [0.1, 0.15) is 17.3 Å². The van der Waals surface area contributed by atoms with E-state index in [-0.39, 0.29) is 30.7 Å². The Labute approximate surface area is 225 Å². The van der Waals surface area contributed by atoms with E-state index < -0.39 is 0 Å². The van der Waals surface area contributed by atoms with E-state index in [0.29, 0.717) is 57.3 Å². The van der Waals surface area contributed by atoms with Gasteiger partial charge in [-0.15, -0.1) is 0 Å². The Morgan fingerprint density at radius 1 is 0.378 bits per heavy atom. The Morgan fingerprint density at radius 2 is 0.676 bits per heavy atom. The number of carbonyl (C=O) groups is 4.